The summed E-state index contributed by atoms with van der Waals surface area (Å²) in [5.74, 6) is -0.303. The van der Waals surface area contributed by atoms with Crippen LogP contribution in [0, 0.1) is 0 Å². The molecule has 0 radical (unpaired) electrons. The Morgan fingerprint density at radius 3 is 2.72 bits per heavy atom. The fourth-order valence-corrected chi connectivity index (χ4v) is 3.84. The second-order valence-corrected chi connectivity index (χ2v) is 7.67. The zero-order valence-electron chi connectivity index (χ0n) is 15.6. The third kappa shape index (κ3) is 4.57. The molecule has 3 aromatic rings. The lowest BCUT2D eigenvalue weighted by molar-refractivity contribution is -0.189. The van der Waals surface area contributed by atoms with Gasteiger partial charge in [0.2, 0.25) is 5.79 Å². The zero-order valence-corrected chi connectivity index (χ0v) is 17.1. The number of hydrogen-bond donors (Lipinski definition) is 1. The van der Waals surface area contributed by atoms with Crippen LogP contribution in [-0.2, 0) is 28.4 Å². The molecule has 1 fully saturated rings. The first kappa shape index (κ1) is 20.2. The summed E-state index contributed by atoms with van der Waals surface area (Å²) in [5, 5.41) is 1.03. The number of imidazole rings is 1. The molecular formula is C21H21Cl2N3O3. The Balaban J connectivity index is 1.51. The molecule has 8 heteroatoms. The van der Waals surface area contributed by atoms with Gasteiger partial charge in [-0.1, -0.05) is 41.4 Å². The molecule has 1 aliphatic heterocycles. The molecule has 0 saturated carbocycles. The largest absolute Gasteiger partial charge is 0.491 e. The van der Waals surface area contributed by atoms with E-state index >= 15 is 0 Å². The van der Waals surface area contributed by atoms with Crippen molar-refractivity contribution in [3.8, 4) is 5.75 Å². The highest BCUT2D eigenvalue weighted by Gasteiger charge is 2.45. The summed E-state index contributed by atoms with van der Waals surface area (Å²) in [6.07, 6.45) is 5.00. The minimum absolute atomic E-state index is 0.264. The van der Waals surface area contributed by atoms with Crippen LogP contribution in [0.15, 0.2) is 61.2 Å². The van der Waals surface area contributed by atoms with Crippen molar-refractivity contribution in [2.24, 2.45) is 5.73 Å². The van der Waals surface area contributed by atoms with Crippen LogP contribution in [0.25, 0.3) is 0 Å². The molecule has 1 aromatic heterocycles. The number of ether oxygens (including phenoxy) is 3. The highest BCUT2D eigenvalue weighted by atomic mass is 35.5. The van der Waals surface area contributed by atoms with E-state index in [2.05, 4.69) is 4.98 Å². The predicted molar refractivity (Wildman–Crippen MR) is 111 cm³/mol. The molecule has 6 nitrogen and oxygen atoms in total. The molecule has 2 aromatic carbocycles. The number of aromatic nitrogens is 2. The first-order valence-corrected chi connectivity index (χ1v) is 9.98. The minimum Gasteiger partial charge on any atom is -0.491 e. The van der Waals surface area contributed by atoms with Gasteiger partial charge in [-0.05, 0) is 29.8 Å². The average Bonchev–Trinajstić information content (AvgIpc) is 3.37. The van der Waals surface area contributed by atoms with Crippen molar-refractivity contribution in [1.82, 2.24) is 9.55 Å². The van der Waals surface area contributed by atoms with Gasteiger partial charge in [-0.2, -0.15) is 0 Å². The molecule has 2 unspecified atom stereocenters. The van der Waals surface area contributed by atoms with E-state index in [1.165, 1.54) is 0 Å². The lowest BCUT2D eigenvalue weighted by Gasteiger charge is -2.30. The van der Waals surface area contributed by atoms with Gasteiger partial charge in [0.05, 0.1) is 24.5 Å². The Labute approximate surface area is 179 Å². The molecule has 29 heavy (non-hydrogen) atoms. The fourth-order valence-electron chi connectivity index (χ4n) is 3.29. The smallest absolute Gasteiger partial charge is 0.215 e. The molecule has 0 amide bonds. The van der Waals surface area contributed by atoms with Crippen LogP contribution in [-0.4, -0.2) is 28.9 Å². The number of nitrogens with zero attached hydrogens (tertiary/aromatic N) is 2. The maximum atomic E-state index is 6.48. The summed E-state index contributed by atoms with van der Waals surface area (Å²) in [4.78, 5) is 4.10. The zero-order chi connectivity index (χ0) is 20.3. The molecule has 2 atom stereocenters. The lowest BCUT2D eigenvalue weighted by Crippen LogP contribution is -2.34. The van der Waals surface area contributed by atoms with Gasteiger partial charge in [-0.3, -0.25) is 0 Å². The SMILES string of the molecule is NCc1ccc(OCC2COC(Cn3ccnc3)(c3ccc(Cl)cc3Cl)O2)cc1. The third-order valence-electron chi connectivity index (χ3n) is 4.75. The van der Waals surface area contributed by atoms with Gasteiger partial charge in [0.1, 0.15) is 18.5 Å². The van der Waals surface area contributed by atoms with Gasteiger partial charge in [0.25, 0.3) is 0 Å². The average molecular weight is 434 g/mol. The second-order valence-electron chi connectivity index (χ2n) is 6.82. The lowest BCUT2D eigenvalue weighted by atomic mass is 10.1. The number of hydrogen-bond acceptors (Lipinski definition) is 5. The van der Waals surface area contributed by atoms with Crippen LogP contribution in [0.2, 0.25) is 10.0 Å². The third-order valence-corrected chi connectivity index (χ3v) is 5.29. The second kappa shape index (κ2) is 8.73. The molecular weight excluding hydrogens is 413 g/mol. The molecule has 0 spiro atoms. The van der Waals surface area contributed by atoms with E-state index in [0.717, 1.165) is 11.3 Å². The first-order valence-electron chi connectivity index (χ1n) is 9.23. The molecule has 4 rings (SSSR count). The number of nitrogens with two attached hydrogens (primary N) is 1. The van der Waals surface area contributed by atoms with Gasteiger partial charge in [0, 0.05) is 29.5 Å². The fraction of sp³-hybridized carbons (Fsp3) is 0.286. The maximum Gasteiger partial charge on any atom is 0.215 e. The molecule has 0 aliphatic carbocycles. The first-order chi connectivity index (χ1) is 14.1. The molecule has 1 aliphatic rings. The normalized spacial score (nSPS) is 21.4. The van der Waals surface area contributed by atoms with E-state index in [0.29, 0.717) is 41.9 Å². The van der Waals surface area contributed by atoms with Crippen molar-refractivity contribution in [1.29, 1.82) is 0 Å². The van der Waals surface area contributed by atoms with Gasteiger partial charge < -0.3 is 24.5 Å². The van der Waals surface area contributed by atoms with Crippen molar-refractivity contribution >= 4 is 23.2 Å². The monoisotopic (exact) mass is 433 g/mol. The summed E-state index contributed by atoms with van der Waals surface area (Å²) in [7, 11) is 0. The van der Waals surface area contributed by atoms with Crippen molar-refractivity contribution in [2.45, 2.75) is 25.0 Å². The van der Waals surface area contributed by atoms with Gasteiger partial charge in [-0.25, -0.2) is 4.98 Å². The van der Waals surface area contributed by atoms with E-state index in [1.54, 1.807) is 24.7 Å². The van der Waals surface area contributed by atoms with Crippen LogP contribution in [0.5, 0.6) is 5.75 Å². The summed E-state index contributed by atoms with van der Waals surface area (Å²) < 4.78 is 20.3. The van der Waals surface area contributed by atoms with Crippen molar-refractivity contribution in [2.75, 3.05) is 13.2 Å². The predicted octanol–water partition coefficient (Wildman–Crippen LogP) is 4.00. The Kier molecular flexibility index (Phi) is 6.08. The number of benzene rings is 2. The van der Waals surface area contributed by atoms with E-state index in [4.69, 9.17) is 43.1 Å². The quantitative estimate of drug-likeness (QED) is 0.609. The van der Waals surface area contributed by atoms with Crippen LogP contribution in [0.3, 0.4) is 0 Å². The Morgan fingerprint density at radius 2 is 2.03 bits per heavy atom. The van der Waals surface area contributed by atoms with E-state index in [9.17, 15) is 0 Å². The number of rotatable bonds is 7. The minimum atomic E-state index is -1.06. The molecule has 2 heterocycles. The van der Waals surface area contributed by atoms with Crippen LogP contribution in [0.1, 0.15) is 11.1 Å². The topological polar surface area (TPSA) is 71.5 Å². The van der Waals surface area contributed by atoms with Crippen molar-refractivity contribution in [3.63, 3.8) is 0 Å². The molecule has 2 N–H and O–H groups in total. The van der Waals surface area contributed by atoms with Crippen molar-refractivity contribution in [3.05, 3.63) is 82.4 Å². The summed E-state index contributed by atoms with van der Waals surface area (Å²) >= 11 is 12.5. The standard InChI is InChI=1S/C21H21Cl2N3O3/c22-16-3-6-19(20(23)9-16)21(13-26-8-7-25-14-26)28-12-18(29-21)11-27-17-4-1-15(10-24)2-5-17/h1-9,14,18H,10-13,24H2. The van der Waals surface area contributed by atoms with Crippen LogP contribution in [0.4, 0.5) is 0 Å². The summed E-state index contributed by atoms with van der Waals surface area (Å²) in [6, 6.07) is 13.0. The molecule has 0 bridgehead atoms. The highest BCUT2D eigenvalue weighted by molar-refractivity contribution is 6.35. The van der Waals surface area contributed by atoms with E-state index in [-0.39, 0.29) is 6.10 Å². The summed E-state index contributed by atoms with van der Waals surface area (Å²) in [6.45, 7) is 1.61. The Bertz CT molecular complexity index is 950. The summed E-state index contributed by atoms with van der Waals surface area (Å²) in [5.41, 5.74) is 7.40. The Morgan fingerprint density at radius 1 is 1.21 bits per heavy atom. The molecule has 1 saturated heterocycles. The van der Waals surface area contributed by atoms with Crippen LogP contribution < -0.4 is 10.5 Å². The number of halogens is 2. The maximum absolute atomic E-state index is 6.48. The molecule has 152 valence electrons. The van der Waals surface area contributed by atoms with Gasteiger partial charge >= 0.3 is 0 Å². The van der Waals surface area contributed by atoms with Crippen LogP contribution >= 0.6 is 23.2 Å². The van der Waals surface area contributed by atoms with E-state index < -0.39 is 5.79 Å². The van der Waals surface area contributed by atoms with Gasteiger partial charge in [-0.15, -0.1) is 0 Å². The Hall–Kier alpha value is -2.09. The van der Waals surface area contributed by atoms with E-state index in [1.807, 2.05) is 41.1 Å². The highest BCUT2D eigenvalue weighted by Crippen LogP contribution is 2.40. The van der Waals surface area contributed by atoms with Gasteiger partial charge in [0.15, 0.2) is 0 Å². The van der Waals surface area contributed by atoms with Crippen molar-refractivity contribution < 1.29 is 14.2 Å².